The average Bonchev–Trinajstić information content (AvgIpc) is 3.08. The molecule has 0 unspecified atom stereocenters. The quantitative estimate of drug-likeness (QED) is 0.461. The minimum atomic E-state index is -6.48. The molecule has 1 aromatic rings. The van der Waals surface area contributed by atoms with Crippen LogP contribution in [0.5, 0.6) is 0 Å². The van der Waals surface area contributed by atoms with Gasteiger partial charge < -0.3 is 5.32 Å². The zero-order valence-corrected chi connectivity index (χ0v) is 15.7. The van der Waals surface area contributed by atoms with Crippen LogP contribution in [0.3, 0.4) is 0 Å². The lowest BCUT2D eigenvalue weighted by Gasteiger charge is -2.31. The van der Waals surface area contributed by atoms with E-state index >= 15 is 0 Å². The summed E-state index contributed by atoms with van der Waals surface area (Å²) in [6.07, 6.45) is -19.1. The summed E-state index contributed by atoms with van der Waals surface area (Å²) in [6.45, 7) is 0. The van der Waals surface area contributed by atoms with Gasteiger partial charge in [0.05, 0.1) is 13.6 Å². The molecule has 1 aromatic heterocycles. The average molecular weight is 525 g/mol. The fraction of sp³-hybridized carbons (Fsp3) is 0.333. The molecule has 0 aliphatic carbocycles. The van der Waals surface area contributed by atoms with Crippen LogP contribution in [-0.2, 0) is 0 Å². The van der Waals surface area contributed by atoms with Crippen molar-refractivity contribution in [2.75, 3.05) is 0 Å². The summed E-state index contributed by atoms with van der Waals surface area (Å²) in [5.41, 5.74) is -5.51. The highest BCUT2D eigenvalue weighted by molar-refractivity contribution is 9.11. The number of carbonyl (C=O) groups excluding carboxylic acids is 1. The molecule has 0 saturated heterocycles. The predicted octanol–water partition coefficient (Wildman–Crippen LogP) is 5.95. The Morgan fingerprint density at radius 3 is 1.96 bits per heavy atom. The lowest BCUT2D eigenvalue weighted by molar-refractivity contribution is -0.280. The minimum Gasteiger partial charge on any atom is -0.300 e. The number of amidine groups is 1. The molecule has 2 heterocycles. The van der Waals surface area contributed by atoms with Crippen LogP contribution in [0.1, 0.15) is 9.67 Å². The lowest BCUT2D eigenvalue weighted by atomic mass is 9.97. The topological polar surface area (TPSA) is 41.5 Å². The highest BCUT2D eigenvalue weighted by Crippen LogP contribution is 2.59. The molecular weight excluding hydrogens is 522 g/mol. The number of nitrogens with zero attached hydrogens (tertiary/aromatic N) is 1. The molecule has 0 atom stereocenters. The zero-order valence-electron chi connectivity index (χ0n) is 12.5. The number of amides is 1. The summed E-state index contributed by atoms with van der Waals surface area (Å²) < 4.78 is 131. The van der Waals surface area contributed by atoms with Crippen molar-refractivity contribution in [3.63, 3.8) is 0 Å². The molecule has 2 rings (SSSR count). The Bertz CT molecular complexity index is 838. The summed E-state index contributed by atoms with van der Waals surface area (Å²) in [5, 5.41) is 0.0517. The maximum atomic E-state index is 13.6. The number of hydrogen-bond acceptors (Lipinski definition) is 4. The third kappa shape index (κ3) is 4.03. The fourth-order valence-corrected chi connectivity index (χ4v) is 4.35. The van der Waals surface area contributed by atoms with Crippen molar-refractivity contribution in [1.82, 2.24) is 5.32 Å². The van der Waals surface area contributed by atoms with Gasteiger partial charge in [0.2, 0.25) is 5.83 Å². The highest BCUT2D eigenvalue weighted by Gasteiger charge is 2.77. The number of aliphatic imine (C=N–C) groups is 1. The van der Waals surface area contributed by atoms with Crippen molar-refractivity contribution >= 4 is 50.1 Å². The molecule has 16 heteroatoms. The van der Waals surface area contributed by atoms with Gasteiger partial charge in [-0.15, -0.1) is 11.3 Å². The van der Waals surface area contributed by atoms with Gasteiger partial charge in [0.15, 0.2) is 5.17 Å². The number of thioether (sulfide) groups is 1. The van der Waals surface area contributed by atoms with Crippen LogP contribution >= 0.6 is 39.0 Å². The monoisotopic (exact) mass is 524 g/mol. The molecule has 0 aromatic carbocycles. The summed E-state index contributed by atoms with van der Waals surface area (Å²) in [6, 6.07) is 2.46. The summed E-state index contributed by atoms with van der Waals surface area (Å²) >= 11 is 2.78. The number of rotatable bonds is 1. The second-order valence-electron chi connectivity index (χ2n) is 4.92. The van der Waals surface area contributed by atoms with Gasteiger partial charge in [-0.2, -0.15) is 39.5 Å². The van der Waals surface area contributed by atoms with Crippen molar-refractivity contribution in [3.8, 4) is 0 Å². The SMILES string of the molecule is O=C(NC1=NC(C(F)(F)F)(C(F)(F)F)/C(=C(\F)C(F)(F)F)S1)c1ccc(Br)s1. The molecule has 3 nitrogen and oxygen atoms in total. The maximum absolute atomic E-state index is 13.6. The van der Waals surface area contributed by atoms with E-state index in [2.05, 4.69) is 20.9 Å². The van der Waals surface area contributed by atoms with E-state index < -0.39 is 57.6 Å². The van der Waals surface area contributed by atoms with Gasteiger partial charge in [-0.1, -0.05) is 11.8 Å². The van der Waals surface area contributed by atoms with Crippen LogP contribution in [0, 0.1) is 0 Å². The van der Waals surface area contributed by atoms with Crippen LogP contribution < -0.4 is 5.32 Å². The lowest BCUT2D eigenvalue weighted by Crippen LogP contribution is -2.55. The van der Waals surface area contributed by atoms with Crippen molar-refractivity contribution < 1.29 is 48.7 Å². The highest BCUT2D eigenvalue weighted by atomic mass is 79.9. The van der Waals surface area contributed by atoms with Crippen LogP contribution in [0.2, 0.25) is 0 Å². The summed E-state index contributed by atoms with van der Waals surface area (Å²) in [7, 11) is 0. The van der Waals surface area contributed by atoms with Crippen LogP contribution in [0.25, 0.3) is 0 Å². The van der Waals surface area contributed by atoms with E-state index in [1.807, 2.05) is 0 Å². The summed E-state index contributed by atoms with van der Waals surface area (Å²) in [5.74, 6) is -4.85. The molecule has 0 spiro atoms. The van der Waals surface area contributed by atoms with E-state index in [9.17, 15) is 48.7 Å². The third-order valence-electron chi connectivity index (χ3n) is 3.08. The van der Waals surface area contributed by atoms with Crippen LogP contribution in [0.15, 0.2) is 31.6 Å². The molecule has 0 fully saturated rings. The first kappa shape index (κ1) is 23.0. The third-order valence-corrected chi connectivity index (χ3v) is 5.77. The number of alkyl halides is 9. The normalized spacial score (nSPS) is 19.5. The van der Waals surface area contributed by atoms with Crippen molar-refractivity contribution in [3.05, 3.63) is 31.5 Å². The number of halogens is 11. The van der Waals surface area contributed by atoms with Gasteiger partial charge in [0.1, 0.15) is 0 Å². The van der Waals surface area contributed by atoms with Gasteiger partial charge in [-0.25, -0.2) is 9.38 Å². The van der Waals surface area contributed by atoms with Gasteiger partial charge in [-0.3, -0.25) is 4.79 Å². The minimum absolute atomic E-state index is 0.200. The van der Waals surface area contributed by atoms with E-state index in [1.165, 1.54) is 11.4 Å². The molecule has 1 N–H and O–H groups in total. The van der Waals surface area contributed by atoms with E-state index in [-0.39, 0.29) is 4.88 Å². The van der Waals surface area contributed by atoms with E-state index in [0.29, 0.717) is 3.79 Å². The first-order valence-electron chi connectivity index (χ1n) is 6.46. The second-order valence-corrected chi connectivity index (χ2v) is 8.39. The maximum Gasteiger partial charge on any atom is 0.443 e. The Labute approximate surface area is 165 Å². The largest absolute Gasteiger partial charge is 0.443 e. The Balaban J connectivity index is 2.61. The molecule has 28 heavy (non-hydrogen) atoms. The van der Waals surface area contributed by atoms with Crippen molar-refractivity contribution in [2.45, 2.75) is 24.1 Å². The summed E-state index contributed by atoms with van der Waals surface area (Å²) in [4.78, 5) is 11.2. The van der Waals surface area contributed by atoms with E-state index in [4.69, 9.17) is 0 Å². The standard InChI is InChI=1S/C12H3BrF10N2OS2/c13-4-2-1-3(27-4)7(26)24-8-25-9(11(18,19)20,12(21,22)23)6(28-8)5(14)10(15,16)17/h1-2H,(H,24,25,26)/b6-5+. The Kier molecular flexibility index (Phi) is 5.91. The number of carbonyl (C=O) groups is 1. The molecule has 1 aliphatic rings. The van der Waals surface area contributed by atoms with Crippen LogP contribution in [0.4, 0.5) is 43.9 Å². The Morgan fingerprint density at radius 1 is 1.04 bits per heavy atom. The molecule has 0 saturated carbocycles. The number of allylic oxidation sites excluding steroid dienone is 1. The Hall–Kier alpha value is -1.29. The molecule has 0 radical (unpaired) electrons. The van der Waals surface area contributed by atoms with E-state index in [0.717, 1.165) is 17.4 Å². The molecule has 1 aliphatic heterocycles. The van der Waals surface area contributed by atoms with Gasteiger partial charge in [0.25, 0.3) is 11.4 Å². The number of nitrogens with one attached hydrogen (secondary N) is 1. The second kappa shape index (κ2) is 7.19. The van der Waals surface area contributed by atoms with Crippen molar-refractivity contribution in [2.24, 2.45) is 4.99 Å². The molecule has 1 amide bonds. The number of thiophene rings is 1. The van der Waals surface area contributed by atoms with Crippen molar-refractivity contribution in [1.29, 1.82) is 0 Å². The fourth-order valence-electron chi connectivity index (χ4n) is 1.92. The molecule has 0 bridgehead atoms. The van der Waals surface area contributed by atoms with E-state index in [1.54, 1.807) is 0 Å². The van der Waals surface area contributed by atoms with Gasteiger partial charge >= 0.3 is 18.5 Å². The van der Waals surface area contributed by atoms with Gasteiger partial charge in [-0.05, 0) is 28.1 Å². The number of hydrogen-bond donors (Lipinski definition) is 1. The first-order chi connectivity index (χ1) is 12.5. The smallest absolute Gasteiger partial charge is 0.300 e. The van der Waals surface area contributed by atoms with Gasteiger partial charge in [0, 0.05) is 0 Å². The Morgan fingerprint density at radius 2 is 1.57 bits per heavy atom. The van der Waals surface area contributed by atoms with Crippen LogP contribution in [-0.4, -0.2) is 35.1 Å². The first-order valence-corrected chi connectivity index (χ1v) is 8.88. The zero-order chi connectivity index (χ0) is 21.7. The molecule has 156 valence electrons. The predicted molar refractivity (Wildman–Crippen MR) is 83.5 cm³/mol. The molecular formula is C12H3BrF10N2OS2.